The fourth-order valence-corrected chi connectivity index (χ4v) is 1.49. The van der Waals surface area contributed by atoms with Crippen LogP contribution in [0.15, 0.2) is 29.3 Å². The number of halogens is 1. The van der Waals surface area contributed by atoms with Crippen molar-refractivity contribution in [2.45, 2.75) is 6.42 Å². The highest BCUT2D eigenvalue weighted by atomic mass is 35.5. The molecule has 0 fully saturated rings. The van der Waals surface area contributed by atoms with Gasteiger partial charge in [-0.25, -0.2) is 0 Å². The third-order valence-corrected chi connectivity index (χ3v) is 2.28. The van der Waals surface area contributed by atoms with Crippen molar-refractivity contribution >= 4 is 17.4 Å². The standard InChI is InChI=1S/C10H11ClN2/c11-9-3-1-8(2-4-9)7-10-12-5-6-13-10/h1-4H,5-7H2,(H,12,13). The van der Waals surface area contributed by atoms with Gasteiger partial charge in [-0.15, -0.1) is 0 Å². The summed E-state index contributed by atoms with van der Waals surface area (Å²) in [5.74, 6) is 1.09. The van der Waals surface area contributed by atoms with Crippen LogP contribution in [0.4, 0.5) is 0 Å². The van der Waals surface area contributed by atoms with Crippen LogP contribution in [0.2, 0.25) is 5.02 Å². The SMILES string of the molecule is Clc1ccc(CC2=NCCN2)cc1. The highest BCUT2D eigenvalue weighted by molar-refractivity contribution is 6.30. The molecule has 0 unspecified atom stereocenters. The number of hydrogen-bond acceptors (Lipinski definition) is 2. The van der Waals surface area contributed by atoms with E-state index in [1.807, 2.05) is 24.3 Å². The van der Waals surface area contributed by atoms with Crippen molar-refractivity contribution in [2.75, 3.05) is 13.1 Å². The van der Waals surface area contributed by atoms with Gasteiger partial charge < -0.3 is 5.32 Å². The fraction of sp³-hybridized carbons (Fsp3) is 0.300. The third-order valence-electron chi connectivity index (χ3n) is 2.03. The van der Waals surface area contributed by atoms with Gasteiger partial charge in [0.25, 0.3) is 0 Å². The highest BCUT2D eigenvalue weighted by Gasteiger charge is 2.04. The van der Waals surface area contributed by atoms with Gasteiger partial charge in [-0.2, -0.15) is 0 Å². The zero-order chi connectivity index (χ0) is 9.10. The molecule has 0 atom stereocenters. The topological polar surface area (TPSA) is 24.4 Å². The van der Waals surface area contributed by atoms with E-state index in [1.54, 1.807) is 0 Å². The molecular weight excluding hydrogens is 184 g/mol. The summed E-state index contributed by atoms with van der Waals surface area (Å²) in [6, 6.07) is 7.88. The van der Waals surface area contributed by atoms with E-state index in [4.69, 9.17) is 11.6 Å². The van der Waals surface area contributed by atoms with Crippen LogP contribution in [0.5, 0.6) is 0 Å². The summed E-state index contributed by atoms with van der Waals surface area (Å²) >= 11 is 5.78. The number of benzene rings is 1. The second-order valence-corrected chi connectivity index (χ2v) is 3.49. The molecule has 1 N–H and O–H groups in total. The van der Waals surface area contributed by atoms with Crippen molar-refractivity contribution in [3.05, 3.63) is 34.9 Å². The Hall–Kier alpha value is -1.02. The van der Waals surface area contributed by atoms with Gasteiger partial charge in [-0.3, -0.25) is 4.99 Å². The Bertz CT molecular complexity index is 316. The van der Waals surface area contributed by atoms with Crippen molar-refractivity contribution in [3.8, 4) is 0 Å². The van der Waals surface area contributed by atoms with E-state index in [1.165, 1.54) is 5.56 Å². The molecule has 2 nitrogen and oxygen atoms in total. The molecule has 2 rings (SSSR count). The van der Waals surface area contributed by atoms with E-state index >= 15 is 0 Å². The molecule has 0 aliphatic carbocycles. The zero-order valence-electron chi connectivity index (χ0n) is 7.26. The molecule has 0 radical (unpaired) electrons. The molecule has 1 aliphatic rings. The Morgan fingerprint density at radius 1 is 1.31 bits per heavy atom. The van der Waals surface area contributed by atoms with E-state index in [2.05, 4.69) is 10.3 Å². The summed E-state index contributed by atoms with van der Waals surface area (Å²) in [5.41, 5.74) is 1.25. The zero-order valence-corrected chi connectivity index (χ0v) is 8.01. The minimum Gasteiger partial charge on any atom is -0.372 e. The van der Waals surface area contributed by atoms with E-state index < -0.39 is 0 Å². The van der Waals surface area contributed by atoms with Gasteiger partial charge in [-0.1, -0.05) is 23.7 Å². The maximum absolute atomic E-state index is 5.78. The maximum Gasteiger partial charge on any atom is 0.101 e. The third kappa shape index (κ3) is 2.22. The second-order valence-electron chi connectivity index (χ2n) is 3.06. The van der Waals surface area contributed by atoms with Crippen LogP contribution in [0, 0.1) is 0 Å². The van der Waals surface area contributed by atoms with Crippen LogP contribution in [-0.2, 0) is 6.42 Å². The normalized spacial score (nSPS) is 15.3. The molecule has 0 spiro atoms. The summed E-state index contributed by atoms with van der Waals surface area (Å²) in [5, 5.41) is 4.02. The van der Waals surface area contributed by atoms with Crippen molar-refractivity contribution in [1.82, 2.24) is 5.32 Å². The van der Waals surface area contributed by atoms with Crippen LogP contribution < -0.4 is 5.32 Å². The molecule has 0 saturated heterocycles. The molecule has 1 aromatic carbocycles. The van der Waals surface area contributed by atoms with E-state index in [9.17, 15) is 0 Å². The predicted octanol–water partition coefficient (Wildman–Crippen LogP) is 1.88. The largest absolute Gasteiger partial charge is 0.372 e. The number of amidine groups is 1. The Labute approximate surface area is 82.6 Å². The number of hydrogen-bond donors (Lipinski definition) is 1. The van der Waals surface area contributed by atoms with Gasteiger partial charge in [0.05, 0.1) is 6.54 Å². The number of nitrogens with zero attached hydrogens (tertiary/aromatic N) is 1. The minimum atomic E-state index is 0.782. The molecule has 0 aromatic heterocycles. The molecule has 68 valence electrons. The summed E-state index contributed by atoms with van der Waals surface area (Å²) < 4.78 is 0. The molecule has 1 aromatic rings. The van der Waals surface area contributed by atoms with Crippen molar-refractivity contribution in [2.24, 2.45) is 4.99 Å². The van der Waals surface area contributed by atoms with Crippen molar-refractivity contribution in [1.29, 1.82) is 0 Å². The number of nitrogens with one attached hydrogen (secondary N) is 1. The first-order valence-electron chi connectivity index (χ1n) is 4.36. The average Bonchev–Trinajstić information content (AvgIpc) is 2.62. The molecule has 3 heteroatoms. The van der Waals surface area contributed by atoms with Gasteiger partial charge in [-0.05, 0) is 17.7 Å². The lowest BCUT2D eigenvalue weighted by atomic mass is 10.1. The highest BCUT2D eigenvalue weighted by Crippen LogP contribution is 2.10. The molecule has 0 bridgehead atoms. The number of aliphatic imine (C=N–C) groups is 1. The first kappa shape index (κ1) is 8.57. The Balaban J connectivity index is 2.05. The van der Waals surface area contributed by atoms with E-state index in [0.29, 0.717) is 0 Å². The minimum absolute atomic E-state index is 0.782. The maximum atomic E-state index is 5.78. The van der Waals surface area contributed by atoms with Gasteiger partial charge in [0.2, 0.25) is 0 Å². The Morgan fingerprint density at radius 2 is 2.08 bits per heavy atom. The van der Waals surface area contributed by atoms with Crippen LogP contribution in [-0.4, -0.2) is 18.9 Å². The van der Waals surface area contributed by atoms with Gasteiger partial charge >= 0.3 is 0 Å². The van der Waals surface area contributed by atoms with Crippen LogP contribution in [0.1, 0.15) is 5.56 Å². The van der Waals surface area contributed by atoms with Crippen LogP contribution in [0.3, 0.4) is 0 Å². The first-order chi connectivity index (χ1) is 6.34. The molecule has 1 aliphatic heterocycles. The monoisotopic (exact) mass is 194 g/mol. The van der Waals surface area contributed by atoms with Crippen molar-refractivity contribution in [3.63, 3.8) is 0 Å². The van der Waals surface area contributed by atoms with E-state index in [0.717, 1.165) is 30.4 Å². The van der Waals surface area contributed by atoms with Crippen molar-refractivity contribution < 1.29 is 0 Å². The lowest BCUT2D eigenvalue weighted by Gasteiger charge is -2.01. The lowest BCUT2D eigenvalue weighted by Crippen LogP contribution is -2.20. The Morgan fingerprint density at radius 3 is 2.69 bits per heavy atom. The Kier molecular flexibility index (Phi) is 2.50. The summed E-state index contributed by atoms with van der Waals surface area (Å²) in [6.07, 6.45) is 0.886. The second kappa shape index (κ2) is 3.79. The molecule has 0 saturated carbocycles. The summed E-state index contributed by atoms with van der Waals surface area (Å²) in [6.45, 7) is 1.88. The van der Waals surface area contributed by atoms with Gasteiger partial charge in [0.1, 0.15) is 5.84 Å². The smallest absolute Gasteiger partial charge is 0.101 e. The number of rotatable bonds is 2. The molecule has 1 heterocycles. The van der Waals surface area contributed by atoms with Crippen LogP contribution in [0.25, 0.3) is 0 Å². The van der Waals surface area contributed by atoms with Crippen LogP contribution >= 0.6 is 11.6 Å². The average molecular weight is 195 g/mol. The molecular formula is C10H11ClN2. The predicted molar refractivity (Wildman–Crippen MR) is 55.5 cm³/mol. The summed E-state index contributed by atoms with van der Waals surface area (Å²) in [4.78, 5) is 4.33. The molecule has 13 heavy (non-hydrogen) atoms. The van der Waals surface area contributed by atoms with E-state index in [-0.39, 0.29) is 0 Å². The van der Waals surface area contributed by atoms with Gasteiger partial charge in [0.15, 0.2) is 0 Å². The quantitative estimate of drug-likeness (QED) is 0.764. The molecule has 0 amide bonds. The fourth-order valence-electron chi connectivity index (χ4n) is 1.36. The summed E-state index contributed by atoms with van der Waals surface area (Å²) in [7, 11) is 0. The van der Waals surface area contributed by atoms with Gasteiger partial charge in [0, 0.05) is 18.0 Å². The first-order valence-corrected chi connectivity index (χ1v) is 4.74. The lowest BCUT2D eigenvalue weighted by molar-refractivity contribution is 0.953.